The van der Waals surface area contributed by atoms with Gasteiger partial charge in [0.1, 0.15) is 5.00 Å². The minimum atomic E-state index is -0.631. The SMILES string of the molecule is CCOC(=O)c1c(NC(=O)Nc2ccc(-n3cccn3)nn2)sc(-c2ccc([N+](=O)[O-])cc2)c1C. The van der Waals surface area contributed by atoms with E-state index in [4.69, 9.17) is 4.74 Å². The van der Waals surface area contributed by atoms with Crippen LogP contribution in [0.15, 0.2) is 54.9 Å². The molecule has 178 valence electrons. The number of non-ortho nitro benzene ring substituents is 1. The average Bonchev–Trinajstić information content (AvgIpc) is 3.48. The molecule has 2 amide bonds. The van der Waals surface area contributed by atoms with Crippen molar-refractivity contribution < 1.29 is 19.2 Å². The van der Waals surface area contributed by atoms with Crippen molar-refractivity contribution in [1.29, 1.82) is 0 Å². The fourth-order valence-corrected chi connectivity index (χ4v) is 4.43. The number of nitrogens with zero attached hydrogens (tertiary/aromatic N) is 5. The molecule has 0 fully saturated rings. The smallest absolute Gasteiger partial charge is 0.341 e. The number of rotatable bonds is 7. The summed E-state index contributed by atoms with van der Waals surface area (Å²) in [6, 6.07) is 10.3. The van der Waals surface area contributed by atoms with Crippen molar-refractivity contribution >= 4 is 39.8 Å². The first-order chi connectivity index (χ1) is 16.9. The minimum absolute atomic E-state index is 0.0500. The number of nitro benzene ring substituents is 1. The van der Waals surface area contributed by atoms with Crippen LogP contribution in [0.2, 0.25) is 0 Å². The molecule has 13 heteroatoms. The first-order valence-electron chi connectivity index (χ1n) is 10.3. The van der Waals surface area contributed by atoms with Crippen LogP contribution < -0.4 is 10.6 Å². The summed E-state index contributed by atoms with van der Waals surface area (Å²) in [7, 11) is 0. The lowest BCUT2D eigenvalue weighted by atomic mass is 10.1. The first kappa shape index (κ1) is 23.5. The van der Waals surface area contributed by atoms with Gasteiger partial charge in [0.2, 0.25) is 0 Å². The molecule has 0 saturated carbocycles. The highest BCUT2D eigenvalue weighted by Crippen LogP contribution is 2.40. The van der Waals surface area contributed by atoms with Gasteiger partial charge in [0.15, 0.2) is 11.6 Å². The fraction of sp³-hybridized carbons (Fsp3) is 0.136. The summed E-state index contributed by atoms with van der Waals surface area (Å²) in [5.74, 6) is 0.0835. The molecule has 0 aliphatic rings. The van der Waals surface area contributed by atoms with E-state index in [1.54, 1.807) is 56.6 Å². The molecule has 3 heterocycles. The van der Waals surface area contributed by atoms with Crippen molar-refractivity contribution in [2.45, 2.75) is 13.8 Å². The Bertz CT molecular complexity index is 1370. The van der Waals surface area contributed by atoms with Crippen LogP contribution in [-0.2, 0) is 4.74 Å². The van der Waals surface area contributed by atoms with Gasteiger partial charge in [0, 0.05) is 29.4 Å². The van der Waals surface area contributed by atoms with Gasteiger partial charge in [-0.25, -0.2) is 14.3 Å². The zero-order valence-electron chi connectivity index (χ0n) is 18.6. The van der Waals surface area contributed by atoms with E-state index in [2.05, 4.69) is 25.9 Å². The first-order valence-corrected chi connectivity index (χ1v) is 11.2. The standard InChI is InChI=1S/C22H19N7O5S/c1-3-34-21(30)18-13(2)19(14-5-7-15(8-6-14)29(32)33)35-20(18)25-22(31)24-16-9-10-17(27-26-16)28-12-4-11-23-28/h4-12H,3H2,1-2H3,(H2,24,25,26,31). The van der Waals surface area contributed by atoms with E-state index in [0.717, 1.165) is 11.3 Å². The topological polar surface area (TPSA) is 154 Å². The lowest BCUT2D eigenvalue weighted by Crippen LogP contribution is -2.21. The van der Waals surface area contributed by atoms with Gasteiger partial charge in [0.25, 0.3) is 5.69 Å². The zero-order valence-corrected chi connectivity index (χ0v) is 19.4. The quantitative estimate of drug-likeness (QED) is 0.218. The highest BCUT2D eigenvalue weighted by Gasteiger charge is 2.25. The van der Waals surface area contributed by atoms with E-state index in [9.17, 15) is 19.7 Å². The number of esters is 1. The number of amides is 2. The van der Waals surface area contributed by atoms with E-state index in [-0.39, 0.29) is 28.7 Å². The van der Waals surface area contributed by atoms with E-state index >= 15 is 0 Å². The van der Waals surface area contributed by atoms with Crippen molar-refractivity contribution in [3.63, 3.8) is 0 Å². The number of hydrogen-bond donors (Lipinski definition) is 2. The minimum Gasteiger partial charge on any atom is -0.462 e. The van der Waals surface area contributed by atoms with Gasteiger partial charge in [-0.05, 0) is 55.3 Å². The Morgan fingerprint density at radius 3 is 2.51 bits per heavy atom. The van der Waals surface area contributed by atoms with Gasteiger partial charge >= 0.3 is 12.0 Å². The van der Waals surface area contributed by atoms with Crippen LogP contribution in [0.5, 0.6) is 0 Å². The van der Waals surface area contributed by atoms with Crippen molar-refractivity contribution in [1.82, 2.24) is 20.0 Å². The van der Waals surface area contributed by atoms with E-state index < -0.39 is 16.9 Å². The molecule has 0 atom stereocenters. The predicted octanol–water partition coefficient (Wildman–Crippen LogP) is 4.43. The monoisotopic (exact) mass is 493 g/mol. The third-order valence-corrected chi connectivity index (χ3v) is 6.08. The number of benzene rings is 1. The molecule has 12 nitrogen and oxygen atoms in total. The molecule has 0 unspecified atom stereocenters. The maximum Gasteiger partial charge on any atom is 0.341 e. The number of ether oxygens (including phenoxy) is 1. The molecular formula is C22H19N7O5S. The number of anilines is 2. The third-order valence-electron chi connectivity index (χ3n) is 4.82. The Labute approximate surface area is 202 Å². The summed E-state index contributed by atoms with van der Waals surface area (Å²) < 4.78 is 6.70. The second kappa shape index (κ2) is 10.1. The number of carbonyl (C=O) groups is 2. The summed E-state index contributed by atoms with van der Waals surface area (Å²) in [6.45, 7) is 3.56. The summed E-state index contributed by atoms with van der Waals surface area (Å²) in [6.07, 6.45) is 3.32. The molecule has 0 saturated heterocycles. The molecule has 4 aromatic rings. The van der Waals surface area contributed by atoms with Crippen molar-refractivity contribution in [2.75, 3.05) is 17.2 Å². The van der Waals surface area contributed by atoms with E-state index in [1.807, 2.05) is 0 Å². The fourth-order valence-electron chi connectivity index (χ4n) is 3.23. The molecule has 0 aliphatic heterocycles. The van der Waals surface area contributed by atoms with Crippen LogP contribution in [0.4, 0.5) is 21.3 Å². The summed E-state index contributed by atoms with van der Waals surface area (Å²) in [5, 5.41) is 28.5. The van der Waals surface area contributed by atoms with Gasteiger partial charge in [-0.15, -0.1) is 21.5 Å². The number of urea groups is 1. The molecule has 3 aromatic heterocycles. The lowest BCUT2D eigenvalue weighted by Gasteiger charge is -2.08. The van der Waals surface area contributed by atoms with Gasteiger partial charge in [-0.2, -0.15) is 5.10 Å². The summed E-state index contributed by atoms with van der Waals surface area (Å²) >= 11 is 1.16. The van der Waals surface area contributed by atoms with Crippen molar-refractivity contribution in [2.24, 2.45) is 0 Å². The molecule has 0 radical (unpaired) electrons. The Balaban J connectivity index is 1.57. The van der Waals surface area contributed by atoms with Gasteiger partial charge < -0.3 is 4.74 Å². The van der Waals surface area contributed by atoms with Gasteiger partial charge in [0.05, 0.1) is 17.1 Å². The number of thiophene rings is 1. The van der Waals surface area contributed by atoms with Crippen molar-refractivity contribution in [3.05, 3.63) is 76.1 Å². The van der Waals surface area contributed by atoms with E-state index in [0.29, 0.717) is 21.8 Å². The molecule has 35 heavy (non-hydrogen) atoms. The van der Waals surface area contributed by atoms with Crippen LogP contribution >= 0.6 is 11.3 Å². The predicted molar refractivity (Wildman–Crippen MR) is 129 cm³/mol. The number of aromatic nitrogens is 4. The normalized spacial score (nSPS) is 10.6. The highest BCUT2D eigenvalue weighted by molar-refractivity contribution is 7.20. The molecule has 2 N–H and O–H groups in total. The second-order valence-corrected chi connectivity index (χ2v) is 8.11. The molecule has 0 bridgehead atoms. The Kier molecular flexibility index (Phi) is 6.78. The highest BCUT2D eigenvalue weighted by atomic mass is 32.1. The van der Waals surface area contributed by atoms with Crippen LogP contribution in [0.1, 0.15) is 22.8 Å². The second-order valence-electron chi connectivity index (χ2n) is 7.09. The largest absolute Gasteiger partial charge is 0.462 e. The zero-order chi connectivity index (χ0) is 24.9. The van der Waals surface area contributed by atoms with Gasteiger partial charge in [-0.1, -0.05) is 0 Å². The molecule has 0 spiro atoms. The molecular weight excluding hydrogens is 474 g/mol. The summed E-state index contributed by atoms with van der Waals surface area (Å²) in [5.41, 5.74) is 1.41. The number of hydrogen-bond acceptors (Lipinski definition) is 9. The Morgan fingerprint density at radius 2 is 1.91 bits per heavy atom. The number of nitrogens with one attached hydrogen (secondary N) is 2. The third kappa shape index (κ3) is 5.14. The molecule has 0 aliphatic carbocycles. The van der Waals surface area contributed by atoms with Crippen LogP contribution in [0.25, 0.3) is 16.3 Å². The van der Waals surface area contributed by atoms with Crippen LogP contribution in [0.3, 0.4) is 0 Å². The van der Waals surface area contributed by atoms with Crippen molar-refractivity contribution in [3.8, 4) is 16.3 Å². The maximum atomic E-state index is 12.7. The Morgan fingerprint density at radius 1 is 1.14 bits per heavy atom. The van der Waals surface area contributed by atoms with Gasteiger partial charge in [-0.3, -0.25) is 20.7 Å². The van der Waals surface area contributed by atoms with Crippen LogP contribution in [-0.4, -0.2) is 43.5 Å². The summed E-state index contributed by atoms with van der Waals surface area (Å²) in [4.78, 5) is 36.5. The van der Waals surface area contributed by atoms with Crippen LogP contribution in [0, 0.1) is 17.0 Å². The average molecular weight is 494 g/mol. The lowest BCUT2D eigenvalue weighted by molar-refractivity contribution is -0.384. The maximum absolute atomic E-state index is 12.7. The Hall–Kier alpha value is -4.65. The number of nitro groups is 1. The van der Waals surface area contributed by atoms with E-state index in [1.165, 1.54) is 16.8 Å². The molecule has 1 aromatic carbocycles. The number of carbonyl (C=O) groups excluding carboxylic acids is 2. The molecule has 4 rings (SSSR count).